The van der Waals surface area contributed by atoms with Crippen LogP contribution >= 0.6 is 0 Å². The third-order valence-corrected chi connectivity index (χ3v) is 7.32. The van der Waals surface area contributed by atoms with Crippen LogP contribution < -0.4 is 15.5 Å². The molecule has 3 aromatic rings. The van der Waals surface area contributed by atoms with Crippen LogP contribution in [0.1, 0.15) is 30.8 Å². The van der Waals surface area contributed by atoms with Gasteiger partial charge in [-0.05, 0) is 38.5 Å². The molecule has 3 atom stereocenters. The number of fused-ring (bicyclic) bond motifs is 5. The van der Waals surface area contributed by atoms with Crippen molar-refractivity contribution in [3.05, 3.63) is 34.9 Å². The highest BCUT2D eigenvalue weighted by Gasteiger charge is 2.63. The van der Waals surface area contributed by atoms with Crippen molar-refractivity contribution in [2.24, 2.45) is 5.41 Å². The number of ether oxygens (including phenoxy) is 1. The van der Waals surface area contributed by atoms with Crippen molar-refractivity contribution in [2.45, 2.75) is 51.6 Å². The lowest BCUT2D eigenvalue weighted by Crippen LogP contribution is -2.75. The molecule has 5 heterocycles. The summed E-state index contributed by atoms with van der Waals surface area (Å²) in [5.74, 6) is -2.77. The Kier molecular flexibility index (Phi) is 4.96. The molecule has 38 heavy (non-hydrogen) atoms. The van der Waals surface area contributed by atoms with E-state index in [9.17, 15) is 27.6 Å². The number of morpholine rings is 1. The van der Waals surface area contributed by atoms with Gasteiger partial charge in [0.25, 0.3) is 0 Å². The predicted octanol–water partition coefficient (Wildman–Crippen LogP) is 2.37. The summed E-state index contributed by atoms with van der Waals surface area (Å²) < 4.78 is 67.9. The van der Waals surface area contributed by atoms with Crippen molar-refractivity contribution in [3.63, 3.8) is 0 Å². The molecule has 6 rings (SSSR count). The molecule has 0 saturated carbocycles. The Morgan fingerprint density at radius 2 is 1.82 bits per heavy atom. The molecule has 2 saturated heterocycles. The third kappa shape index (κ3) is 3.20. The van der Waals surface area contributed by atoms with Crippen LogP contribution in [0.5, 0.6) is 0 Å². The van der Waals surface area contributed by atoms with E-state index in [1.54, 1.807) is 18.7 Å². The second-order valence-electron chi connectivity index (χ2n) is 9.80. The first-order valence-corrected chi connectivity index (χ1v) is 11.7. The number of aryl methyl sites for hydroxylation is 1. The number of benzene rings is 1. The summed E-state index contributed by atoms with van der Waals surface area (Å²) in [6.07, 6.45) is -6.16. The Bertz CT molecular complexity index is 1530. The summed E-state index contributed by atoms with van der Waals surface area (Å²) in [7, 11) is 0. The molecule has 0 unspecified atom stereocenters. The van der Waals surface area contributed by atoms with E-state index < -0.39 is 59.2 Å². The number of alkyl halides is 3. The summed E-state index contributed by atoms with van der Waals surface area (Å²) >= 11 is 0. The van der Waals surface area contributed by atoms with Crippen LogP contribution in [0.2, 0.25) is 0 Å². The standard InChI is InChI=1S/C23H20F4N6O5/c1-8-4-13(23(25,26)27)30-33(8)18-12-5-11-6-22(19(34)28-21(36)29-20(22)35)17-10(3)37-9(2)7-32(17)15(11)14(24)16(12)38-31-18/h4-5,9-10,17H,6-7H2,1-3H3,(H2,28,29,34,35,36)/t9-,10+,17-/m1/s1. The number of hydrogen-bond donors (Lipinski definition) is 2. The number of barbiturate groups is 1. The van der Waals surface area contributed by atoms with Crippen molar-refractivity contribution in [1.29, 1.82) is 0 Å². The van der Waals surface area contributed by atoms with Gasteiger partial charge in [-0.1, -0.05) is 5.16 Å². The van der Waals surface area contributed by atoms with Gasteiger partial charge in [0.1, 0.15) is 0 Å². The largest absolute Gasteiger partial charge is 0.435 e. The number of urea groups is 1. The molecule has 0 aliphatic carbocycles. The summed E-state index contributed by atoms with van der Waals surface area (Å²) in [5, 5.41) is 11.6. The number of carbonyl (C=O) groups is 3. The number of halogens is 4. The summed E-state index contributed by atoms with van der Waals surface area (Å²) in [6.45, 7) is 4.88. The molecular formula is C23H20F4N6O5. The van der Waals surface area contributed by atoms with Crippen LogP contribution in [0.15, 0.2) is 16.7 Å². The molecule has 11 nitrogen and oxygen atoms in total. The highest BCUT2D eigenvalue weighted by atomic mass is 19.4. The van der Waals surface area contributed by atoms with Gasteiger partial charge >= 0.3 is 12.2 Å². The average molecular weight is 536 g/mol. The molecule has 200 valence electrons. The van der Waals surface area contributed by atoms with Gasteiger partial charge < -0.3 is 14.2 Å². The Morgan fingerprint density at radius 3 is 2.45 bits per heavy atom. The zero-order chi connectivity index (χ0) is 27.3. The van der Waals surface area contributed by atoms with Crippen LogP contribution in [0.3, 0.4) is 0 Å². The van der Waals surface area contributed by atoms with Crippen LogP contribution in [0.4, 0.5) is 28.0 Å². The lowest BCUT2D eigenvalue weighted by molar-refractivity contribution is -0.153. The first-order chi connectivity index (χ1) is 17.8. The van der Waals surface area contributed by atoms with Gasteiger partial charge in [0, 0.05) is 18.7 Å². The van der Waals surface area contributed by atoms with Crippen LogP contribution in [0.25, 0.3) is 16.8 Å². The zero-order valence-corrected chi connectivity index (χ0v) is 20.1. The maximum absolute atomic E-state index is 16.1. The summed E-state index contributed by atoms with van der Waals surface area (Å²) in [6, 6.07) is 0.293. The van der Waals surface area contributed by atoms with Gasteiger partial charge in [0.05, 0.1) is 29.3 Å². The van der Waals surface area contributed by atoms with E-state index in [2.05, 4.69) is 20.9 Å². The van der Waals surface area contributed by atoms with Gasteiger partial charge in [-0.25, -0.2) is 13.9 Å². The van der Waals surface area contributed by atoms with Gasteiger partial charge in [0.15, 0.2) is 16.9 Å². The van der Waals surface area contributed by atoms with E-state index >= 15 is 4.39 Å². The molecule has 0 radical (unpaired) electrons. The molecule has 1 aromatic carbocycles. The van der Waals surface area contributed by atoms with E-state index in [-0.39, 0.29) is 46.7 Å². The minimum Gasteiger partial charge on any atom is -0.372 e. The lowest BCUT2D eigenvalue weighted by Gasteiger charge is -2.55. The van der Waals surface area contributed by atoms with Crippen molar-refractivity contribution >= 4 is 34.5 Å². The Labute approximate surface area is 211 Å². The predicted molar refractivity (Wildman–Crippen MR) is 120 cm³/mol. The average Bonchev–Trinajstić information content (AvgIpc) is 3.40. The molecule has 3 aliphatic heterocycles. The molecule has 1 spiro atoms. The second-order valence-corrected chi connectivity index (χ2v) is 9.80. The number of carbonyl (C=O) groups excluding carboxylic acids is 3. The molecule has 3 aliphatic rings. The maximum Gasteiger partial charge on any atom is 0.435 e. The number of aromatic nitrogens is 3. The monoisotopic (exact) mass is 536 g/mol. The number of imide groups is 2. The molecule has 2 fully saturated rings. The van der Waals surface area contributed by atoms with Gasteiger partial charge in [-0.15, -0.1) is 0 Å². The highest BCUT2D eigenvalue weighted by molar-refractivity contribution is 6.20. The van der Waals surface area contributed by atoms with Crippen molar-refractivity contribution < 1.29 is 41.2 Å². The summed E-state index contributed by atoms with van der Waals surface area (Å²) in [4.78, 5) is 40.0. The SMILES string of the molecule is Cc1cc(C(F)(F)F)nn1-c1noc2c(F)c3c(cc12)CC1(C(=O)NC(=O)NC1=O)[C@H]1[C@H](C)O[C@H](C)CN31. The van der Waals surface area contributed by atoms with Crippen LogP contribution in [-0.4, -0.2) is 57.6 Å². The van der Waals surface area contributed by atoms with Gasteiger partial charge in [-0.2, -0.15) is 18.3 Å². The minimum atomic E-state index is -4.72. The minimum absolute atomic E-state index is 0.00293. The highest BCUT2D eigenvalue weighted by Crippen LogP contribution is 2.49. The fraction of sp³-hybridized carbons (Fsp3) is 0.435. The third-order valence-electron chi connectivity index (χ3n) is 7.32. The van der Waals surface area contributed by atoms with E-state index in [1.165, 1.54) is 13.0 Å². The quantitative estimate of drug-likeness (QED) is 0.358. The summed E-state index contributed by atoms with van der Waals surface area (Å²) in [5.41, 5.74) is -3.01. The van der Waals surface area contributed by atoms with Gasteiger partial charge in [-0.3, -0.25) is 20.2 Å². The number of nitrogens with one attached hydrogen (secondary N) is 2. The molecular weight excluding hydrogens is 516 g/mol. The molecule has 4 amide bonds. The van der Waals surface area contributed by atoms with E-state index in [0.717, 1.165) is 10.7 Å². The second kappa shape index (κ2) is 7.75. The topological polar surface area (TPSA) is 132 Å². The zero-order valence-electron chi connectivity index (χ0n) is 20.1. The fourth-order valence-corrected chi connectivity index (χ4v) is 5.92. The smallest absolute Gasteiger partial charge is 0.372 e. The van der Waals surface area contributed by atoms with Gasteiger partial charge in [0.2, 0.25) is 23.2 Å². The molecule has 2 aromatic heterocycles. The Morgan fingerprint density at radius 1 is 1.13 bits per heavy atom. The molecule has 2 N–H and O–H groups in total. The number of hydrogen-bond acceptors (Lipinski definition) is 8. The van der Waals surface area contributed by atoms with Crippen LogP contribution in [-0.2, 0) is 26.9 Å². The van der Waals surface area contributed by atoms with E-state index in [0.29, 0.717) is 0 Å². The van der Waals surface area contributed by atoms with Crippen molar-refractivity contribution in [3.8, 4) is 5.82 Å². The molecule has 15 heteroatoms. The fourth-order valence-electron chi connectivity index (χ4n) is 5.92. The lowest BCUT2D eigenvalue weighted by atomic mass is 9.66. The maximum atomic E-state index is 16.1. The normalized spacial score (nSPS) is 24.9. The van der Waals surface area contributed by atoms with Crippen molar-refractivity contribution in [1.82, 2.24) is 25.6 Å². The van der Waals surface area contributed by atoms with E-state index in [4.69, 9.17) is 9.26 Å². The number of anilines is 1. The first kappa shape index (κ1) is 24.3. The first-order valence-electron chi connectivity index (χ1n) is 11.7. The van der Waals surface area contributed by atoms with E-state index in [1.807, 2.05) is 0 Å². The Hall–Kier alpha value is -4.01. The number of nitrogens with zero attached hydrogens (tertiary/aromatic N) is 4. The number of amides is 4. The molecule has 0 bridgehead atoms. The number of rotatable bonds is 1. The van der Waals surface area contributed by atoms with Crippen molar-refractivity contribution in [2.75, 3.05) is 11.4 Å². The Balaban J connectivity index is 1.58. The van der Waals surface area contributed by atoms with Crippen LogP contribution in [0, 0.1) is 18.2 Å².